The van der Waals surface area contributed by atoms with Crippen molar-refractivity contribution in [1.82, 2.24) is 15.3 Å². The summed E-state index contributed by atoms with van der Waals surface area (Å²) in [4.78, 5) is 19.0. The molecule has 4 N–H and O–H groups in total. The Balaban J connectivity index is 1.98. The number of H-pyrrole nitrogens is 1. The Morgan fingerprint density at radius 1 is 1.33 bits per heavy atom. The van der Waals surface area contributed by atoms with Gasteiger partial charge in [0, 0.05) is 23.5 Å². The van der Waals surface area contributed by atoms with Gasteiger partial charge in [-0.05, 0) is 12.1 Å². The van der Waals surface area contributed by atoms with Gasteiger partial charge in [-0.1, -0.05) is 24.4 Å². The molecular formula is C12H12N4OS. The lowest BCUT2D eigenvalue weighted by Crippen LogP contribution is -2.23. The van der Waals surface area contributed by atoms with Crippen LogP contribution in [0.3, 0.4) is 0 Å². The summed E-state index contributed by atoms with van der Waals surface area (Å²) in [5, 5.41) is 2.75. The summed E-state index contributed by atoms with van der Waals surface area (Å²) < 4.78 is 0. The highest BCUT2D eigenvalue weighted by Gasteiger charge is 2.06. The van der Waals surface area contributed by atoms with E-state index in [1.807, 2.05) is 0 Å². The first-order valence-corrected chi connectivity index (χ1v) is 5.74. The van der Waals surface area contributed by atoms with Crippen molar-refractivity contribution in [2.24, 2.45) is 5.73 Å². The van der Waals surface area contributed by atoms with E-state index in [9.17, 15) is 4.79 Å². The second-order valence-corrected chi connectivity index (χ2v) is 4.10. The fourth-order valence-electron chi connectivity index (χ4n) is 1.45. The molecular weight excluding hydrogens is 248 g/mol. The van der Waals surface area contributed by atoms with Crippen LogP contribution in [0.15, 0.2) is 36.7 Å². The van der Waals surface area contributed by atoms with Gasteiger partial charge in [-0.15, -0.1) is 0 Å². The molecule has 1 heterocycles. The van der Waals surface area contributed by atoms with Crippen LogP contribution in [0.5, 0.6) is 0 Å². The van der Waals surface area contributed by atoms with Gasteiger partial charge in [-0.2, -0.15) is 0 Å². The molecule has 0 atom stereocenters. The molecule has 0 unspecified atom stereocenters. The van der Waals surface area contributed by atoms with Crippen molar-refractivity contribution in [3.63, 3.8) is 0 Å². The lowest BCUT2D eigenvalue weighted by molar-refractivity contribution is 0.0950. The highest BCUT2D eigenvalue weighted by Crippen LogP contribution is 2.04. The van der Waals surface area contributed by atoms with E-state index in [2.05, 4.69) is 15.3 Å². The number of benzene rings is 1. The van der Waals surface area contributed by atoms with E-state index >= 15 is 0 Å². The third-order valence-electron chi connectivity index (χ3n) is 2.40. The Hall–Kier alpha value is -2.21. The highest BCUT2D eigenvalue weighted by atomic mass is 32.1. The second-order valence-electron chi connectivity index (χ2n) is 3.66. The van der Waals surface area contributed by atoms with E-state index in [0.717, 1.165) is 5.56 Å². The van der Waals surface area contributed by atoms with Crippen LogP contribution in [0, 0.1) is 0 Å². The van der Waals surface area contributed by atoms with E-state index in [4.69, 9.17) is 18.0 Å². The van der Waals surface area contributed by atoms with Gasteiger partial charge in [0.2, 0.25) is 0 Å². The fraction of sp³-hybridized carbons (Fsp3) is 0.0833. The maximum Gasteiger partial charge on any atom is 0.251 e. The van der Waals surface area contributed by atoms with Crippen LogP contribution in [0.4, 0.5) is 0 Å². The van der Waals surface area contributed by atoms with Gasteiger partial charge in [0.05, 0.1) is 6.54 Å². The van der Waals surface area contributed by atoms with Crippen molar-refractivity contribution in [2.45, 2.75) is 6.54 Å². The van der Waals surface area contributed by atoms with Crippen LogP contribution in [-0.2, 0) is 6.54 Å². The van der Waals surface area contributed by atoms with Gasteiger partial charge in [0.15, 0.2) is 0 Å². The number of nitrogens with one attached hydrogen (secondary N) is 2. The molecule has 0 saturated heterocycles. The minimum Gasteiger partial charge on any atom is -0.389 e. The maximum absolute atomic E-state index is 11.8. The number of hydrogen-bond acceptors (Lipinski definition) is 3. The number of rotatable bonds is 4. The number of carbonyl (C=O) groups excluding carboxylic acids is 1. The zero-order valence-corrected chi connectivity index (χ0v) is 10.3. The van der Waals surface area contributed by atoms with Crippen molar-refractivity contribution < 1.29 is 4.79 Å². The Morgan fingerprint density at radius 3 is 2.56 bits per heavy atom. The zero-order valence-electron chi connectivity index (χ0n) is 9.51. The monoisotopic (exact) mass is 260 g/mol. The topological polar surface area (TPSA) is 83.8 Å². The van der Waals surface area contributed by atoms with E-state index < -0.39 is 0 Å². The Morgan fingerprint density at radius 2 is 2.00 bits per heavy atom. The zero-order chi connectivity index (χ0) is 13.0. The Labute approximate surface area is 109 Å². The summed E-state index contributed by atoms with van der Waals surface area (Å²) in [6.07, 6.45) is 3.34. The smallest absolute Gasteiger partial charge is 0.251 e. The van der Waals surface area contributed by atoms with Gasteiger partial charge >= 0.3 is 0 Å². The fourth-order valence-corrected chi connectivity index (χ4v) is 1.58. The molecule has 0 aliphatic rings. The predicted molar refractivity (Wildman–Crippen MR) is 72.1 cm³/mol. The number of carbonyl (C=O) groups is 1. The average molecular weight is 260 g/mol. The average Bonchev–Trinajstić information content (AvgIpc) is 2.89. The summed E-state index contributed by atoms with van der Waals surface area (Å²) in [5.74, 6) is 0.545. The molecule has 0 radical (unpaired) electrons. The summed E-state index contributed by atoms with van der Waals surface area (Å²) in [6, 6.07) is 6.83. The van der Waals surface area contributed by atoms with Crippen LogP contribution in [-0.4, -0.2) is 20.9 Å². The highest BCUT2D eigenvalue weighted by molar-refractivity contribution is 7.80. The molecule has 0 aliphatic heterocycles. The van der Waals surface area contributed by atoms with E-state index in [1.54, 1.807) is 36.7 Å². The molecule has 5 nitrogen and oxygen atoms in total. The van der Waals surface area contributed by atoms with Crippen LogP contribution < -0.4 is 11.1 Å². The minimum absolute atomic E-state index is 0.166. The van der Waals surface area contributed by atoms with Crippen molar-refractivity contribution in [1.29, 1.82) is 0 Å². The van der Waals surface area contributed by atoms with Gasteiger partial charge < -0.3 is 16.0 Å². The van der Waals surface area contributed by atoms with Crippen molar-refractivity contribution in [2.75, 3.05) is 0 Å². The van der Waals surface area contributed by atoms with Crippen molar-refractivity contribution in [3.8, 4) is 0 Å². The van der Waals surface area contributed by atoms with Crippen LogP contribution in [0.1, 0.15) is 21.7 Å². The Kier molecular flexibility index (Phi) is 3.69. The molecule has 1 aromatic heterocycles. The summed E-state index contributed by atoms with van der Waals surface area (Å²) in [7, 11) is 0. The normalized spacial score (nSPS) is 10.0. The van der Waals surface area contributed by atoms with Crippen LogP contribution in [0.25, 0.3) is 0 Å². The lowest BCUT2D eigenvalue weighted by Gasteiger charge is -2.04. The SMILES string of the molecule is NC(=S)c1ccc(C(=O)NCc2ncc[nH]2)cc1. The predicted octanol–water partition coefficient (Wildman–Crippen LogP) is 0.974. The molecule has 2 aromatic rings. The van der Waals surface area contributed by atoms with E-state index in [0.29, 0.717) is 22.9 Å². The first-order valence-electron chi connectivity index (χ1n) is 5.33. The summed E-state index contributed by atoms with van der Waals surface area (Å²) in [5.41, 5.74) is 6.78. The molecule has 0 aliphatic carbocycles. The third kappa shape index (κ3) is 2.92. The maximum atomic E-state index is 11.8. The lowest BCUT2D eigenvalue weighted by atomic mass is 10.1. The molecule has 1 aromatic carbocycles. The molecule has 1 amide bonds. The molecule has 6 heteroatoms. The van der Waals surface area contributed by atoms with E-state index in [-0.39, 0.29) is 5.91 Å². The van der Waals surface area contributed by atoms with E-state index in [1.165, 1.54) is 0 Å². The summed E-state index contributed by atoms with van der Waals surface area (Å²) in [6.45, 7) is 0.364. The van der Waals surface area contributed by atoms with Gasteiger partial charge in [-0.3, -0.25) is 4.79 Å². The number of thiocarbonyl (C=S) groups is 1. The molecule has 92 valence electrons. The number of nitrogens with zero attached hydrogens (tertiary/aromatic N) is 1. The molecule has 0 spiro atoms. The number of aromatic nitrogens is 2. The number of hydrogen-bond donors (Lipinski definition) is 3. The first kappa shape index (κ1) is 12.3. The number of nitrogens with two attached hydrogens (primary N) is 1. The molecule has 2 rings (SSSR count). The standard InChI is InChI=1S/C12H12N4OS/c13-11(18)8-1-3-9(4-2-8)12(17)16-7-10-14-5-6-15-10/h1-6H,7H2,(H2,13,18)(H,14,15)(H,16,17). The molecule has 0 bridgehead atoms. The largest absolute Gasteiger partial charge is 0.389 e. The quantitative estimate of drug-likeness (QED) is 0.715. The number of imidazole rings is 1. The van der Waals surface area contributed by atoms with Crippen molar-refractivity contribution >= 4 is 23.1 Å². The first-order chi connectivity index (χ1) is 8.66. The number of amides is 1. The number of aromatic amines is 1. The summed E-state index contributed by atoms with van der Waals surface area (Å²) >= 11 is 4.84. The minimum atomic E-state index is -0.166. The van der Waals surface area contributed by atoms with Gasteiger partial charge in [0.1, 0.15) is 10.8 Å². The molecule has 0 saturated carbocycles. The van der Waals surface area contributed by atoms with Crippen LogP contribution in [0.2, 0.25) is 0 Å². The van der Waals surface area contributed by atoms with Gasteiger partial charge in [0.25, 0.3) is 5.91 Å². The second kappa shape index (κ2) is 5.42. The third-order valence-corrected chi connectivity index (χ3v) is 2.64. The van der Waals surface area contributed by atoms with Gasteiger partial charge in [-0.25, -0.2) is 4.98 Å². The Bertz CT molecular complexity index is 548. The van der Waals surface area contributed by atoms with Crippen LogP contribution >= 0.6 is 12.2 Å². The van der Waals surface area contributed by atoms with Crippen molar-refractivity contribution in [3.05, 3.63) is 53.6 Å². The molecule has 0 fully saturated rings. The molecule has 18 heavy (non-hydrogen) atoms.